The van der Waals surface area contributed by atoms with Crippen molar-refractivity contribution in [3.8, 4) is 0 Å². The monoisotopic (exact) mass is 788 g/mol. The number of nitrogens with zero attached hydrogens (tertiary/aromatic N) is 4. The molecule has 0 unspecified atom stereocenters. The lowest BCUT2D eigenvalue weighted by Crippen LogP contribution is -2.10. The summed E-state index contributed by atoms with van der Waals surface area (Å²) in [6.07, 6.45) is 0. The predicted molar refractivity (Wildman–Crippen MR) is 263 cm³/mol. The van der Waals surface area contributed by atoms with Crippen LogP contribution in [0.5, 0.6) is 0 Å². The van der Waals surface area contributed by atoms with E-state index in [9.17, 15) is 0 Å². The fourth-order valence-corrected chi connectivity index (χ4v) is 10.8. The van der Waals surface area contributed by atoms with Crippen molar-refractivity contribution in [2.75, 3.05) is 9.80 Å². The van der Waals surface area contributed by atoms with Gasteiger partial charge in [0.2, 0.25) is 0 Å². The molecule has 0 saturated carbocycles. The van der Waals surface area contributed by atoms with E-state index in [1.54, 1.807) is 0 Å². The molecule has 62 heavy (non-hydrogen) atoms. The summed E-state index contributed by atoms with van der Waals surface area (Å²) in [5.41, 5.74) is 14.1. The van der Waals surface area contributed by atoms with Crippen molar-refractivity contribution in [3.05, 3.63) is 218 Å². The van der Waals surface area contributed by atoms with E-state index in [1.165, 1.54) is 87.0 Å². The van der Waals surface area contributed by atoms with Gasteiger partial charge < -0.3 is 18.6 Å². The Kier molecular flexibility index (Phi) is 6.80. The molecule has 14 rings (SSSR count). The summed E-state index contributed by atoms with van der Waals surface area (Å²) in [6.45, 7) is 0. The average molecular weight is 789 g/mol. The Labute approximate surface area is 356 Å². The van der Waals surface area contributed by atoms with E-state index < -0.39 is 0 Å². The lowest BCUT2D eigenvalue weighted by Gasteiger charge is -2.26. The van der Waals surface area contributed by atoms with Gasteiger partial charge in [0.15, 0.2) is 0 Å². The van der Waals surface area contributed by atoms with E-state index in [1.807, 2.05) is 0 Å². The van der Waals surface area contributed by atoms with Crippen LogP contribution in [0.1, 0.15) is 0 Å². The third kappa shape index (κ3) is 4.45. The highest BCUT2D eigenvalue weighted by Gasteiger charge is 2.28. The van der Waals surface area contributed by atoms with Crippen LogP contribution in [0.15, 0.2) is 218 Å². The molecule has 4 aromatic heterocycles. The van der Waals surface area contributed by atoms with Gasteiger partial charge in [-0.3, -0.25) is 0 Å². The molecule has 0 N–H and O–H groups in total. The highest BCUT2D eigenvalue weighted by molar-refractivity contribution is 6.34. The van der Waals surface area contributed by atoms with Crippen LogP contribution in [-0.2, 0) is 0 Å². The standard InChI is InChI=1S/C58H36N4/c1-5-19-38(20-6-1)59(39-21-7-2-8-22-39)50-32-16-30-44-43-28-15-29-45-47-35-53-48(36-52(47)61(55(43)45)56(44)50)49-34-37-18-13-14-27-42(37)54-46-31-17-33-51(57(46)62(53)58(49)54)60(40-23-9-3-10-24-40)41-25-11-4-12-26-41/h1-36H. The Morgan fingerprint density at radius 3 is 1.19 bits per heavy atom. The first-order valence-electron chi connectivity index (χ1n) is 21.4. The van der Waals surface area contributed by atoms with Crippen LogP contribution in [0.3, 0.4) is 0 Å². The largest absolute Gasteiger partial charge is 0.308 e. The van der Waals surface area contributed by atoms with E-state index in [2.05, 4.69) is 237 Å². The molecule has 0 fully saturated rings. The molecule has 4 heterocycles. The van der Waals surface area contributed by atoms with Gasteiger partial charge in [0, 0.05) is 65.8 Å². The minimum Gasteiger partial charge on any atom is -0.308 e. The average Bonchev–Trinajstić information content (AvgIpc) is 4.06. The minimum atomic E-state index is 1.12. The van der Waals surface area contributed by atoms with Crippen molar-refractivity contribution in [2.24, 2.45) is 0 Å². The summed E-state index contributed by atoms with van der Waals surface area (Å²) in [5.74, 6) is 0. The summed E-state index contributed by atoms with van der Waals surface area (Å²) >= 11 is 0. The van der Waals surface area contributed by atoms with Crippen molar-refractivity contribution in [3.63, 3.8) is 0 Å². The molecule has 4 nitrogen and oxygen atoms in total. The molecule has 288 valence electrons. The summed E-state index contributed by atoms with van der Waals surface area (Å²) in [5, 5.41) is 12.6. The highest BCUT2D eigenvalue weighted by atomic mass is 15.2. The zero-order valence-electron chi connectivity index (χ0n) is 33.6. The molecule has 0 amide bonds. The maximum absolute atomic E-state index is 2.58. The zero-order valence-corrected chi connectivity index (χ0v) is 33.6. The Morgan fingerprint density at radius 2 is 0.645 bits per heavy atom. The summed E-state index contributed by atoms with van der Waals surface area (Å²) in [6, 6.07) is 79.9. The first-order chi connectivity index (χ1) is 30.8. The van der Waals surface area contributed by atoms with E-state index in [0.29, 0.717) is 0 Å². The minimum absolute atomic E-state index is 1.12. The molecule has 0 spiro atoms. The van der Waals surface area contributed by atoms with Crippen molar-refractivity contribution in [1.29, 1.82) is 0 Å². The van der Waals surface area contributed by atoms with Gasteiger partial charge >= 0.3 is 0 Å². The smallest absolute Gasteiger partial charge is 0.0783 e. The number of para-hydroxylation sites is 7. The fraction of sp³-hybridized carbons (Fsp3) is 0. The lowest BCUT2D eigenvalue weighted by molar-refractivity contribution is 1.27. The molecule has 0 aliphatic rings. The molecule has 14 aromatic rings. The number of hydrogen-bond donors (Lipinski definition) is 0. The zero-order chi connectivity index (χ0) is 40.5. The van der Waals surface area contributed by atoms with Crippen molar-refractivity contribution in [2.45, 2.75) is 0 Å². The van der Waals surface area contributed by atoms with Crippen LogP contribution in [0, 0.1) is 0 Å². The van der Waals surface area contributed by atoms with E-state index in [4.69, 9.17) is 0 Å². The highest BCUT2D eigenvalue weighted by Crippen LogP contribution is 2.51. The topological polar surface area (TPSA) is 15.3 Å². The molecule has 10 aromatic carbocycles. The quantitative estimate of drug-likeness (QED) is 0.167. The van der Waals surface area contributed by atoms with Gasteiger partial charge in [0.1, 0.15) is 0 Å². The summed E-state index contributed by atoms with van der Waals surface area (Å²) in [4.78, 5) is 4.83. The normalized spacial score (nSPS) is 12.2. The SMILES string of the molecule is c1ccc(N(c2ccccc2)c2cccc3c4cccc5c6cc7c(cc6n(c23)c54)c2cc3ccccc3c3c4cccc(N(c5ccccc5)c5ccccc5)c4n7c23)cc1. The second-order valence-corrected chi connectivity index (χ2v) is 16.5. The Bertz CT molecular complexity index is 3940. The van der Waals surface area contributed by atoms with Gasteiger partial charge in [-0.25, -0.2) is 0 Å². The molecule has 0 aliphatic heterocycles. The molecule has 0 atom stereocenters. The third-order valence-electron chi connectivity index (χ3n) is 13.3. The van der Waals surface area contributed by atoms with Crippen LogP contribution >= 0.6 is 0 Å². The summed E-state index contributed by atoms with van der Waals surface area (Å²) < 4.78 is 5.14. The Morgan fingerprint density at radius 1 is 0.258 bits per heavy atom. The van der Waals surface area contributed by atoms with Gasteiger partial charge in [0.05, 0.1) is 44.5 Å². The first-order valence-corrected chi connectivity index (χ1v) is 21.4. The maximum Gasteiger partial charge on any atom is 0.0783 e. The van der Waals surface area contributed by atoms with Crippen LogP contribution in [0.2, 0.25) is 0 Å². The third-order valence-corrected chi connectivity index (χ3v) is 13.3. The fourth-order valence-electron chi connectivity index (χ4n) is 10.8. The van der Waals surface area contributed by atoms with Crippen LogP contribution in [0.4, 0.5) is 34.1 Å². The Balaban J connectivity index is 1.15. The van der Waals surface area contributed by atoms with Gasteiger partial charge in [-0.1, -0.05) is 140 Å². The molecule has 0 saturated heterocycles. The molecule has 0 aliphatic carbocycles. The lowest BCUT2D eigenvalue weighted by atomic mass is 9.99. The molecule has 4 heteroatoms. The van der Waals surface area contributed by atoms with Gasteiger partial charge in [-0.15, -0.1) is 0 Å². The number of hydrogen-bond acceptors (Lipinski definition) is 2. The second-order valence-electron chi connectivity index (χ2n) is 16.5. The maximum atomic E-state index is 2.58. The number of rotatable bonds is 6. The number of aromatic nitrogens is 2. The number of benzene rings is 10. The molecule has 0 bridgehead atoms. The van der Waals surface area contributed by atoms with Crippen LogP contribution in [0.25, 0.3) is 87.0 Å². The second kappa shape index (κ2) is 12.6. The molecular formula is C58H36N4. The van der Waals surface area contributed by atoms with Gasteiger partial charge in [0.25, 0.3) is 0 Å². The van der Waals surface area contributed by atoms with Crippen molar-refractivity contribution < 1.29 is 0 Å². The van der Waals surface area contributed by atoms with E-state index >= 15 is 0 Å². The van der Waals surface area contributed by atoms with Crippen LogP contribution in [-0.4, -0.2) is 8.80 Å². The predicted octanol–water partition coefficient (Wildman–Crippen LogP) is 16.1. The molecular weight excluding hydrogens is 753 g/mol. The van der Waals surface area contributed by atoms with Crippen LogP contribution < -0.4 is 9.80 Å². The number of anilines is 6. The number of fused-ring (bicyclic) bond motifs is 14. The molecule has 0 radical (unpaired) electrons. The van der Waals surface area contributed by atoms with E-state index in [0.717, 1.165) is 34.1 Å². The Hall–Kier alpha value is -8.34. The summed E-state index contributed by atoms with van der Waals surface area (Å²) in [7, 11) is 0. The van der Waals surface area contributed by atoms with Crippen molar-refractivity contribution >= 4 is 121 Å². The van der Waals surface area contributed by atoms with Crippen molar-refractivity contribution in [1.82, 2.24) is 8.80 Å². The van der Waals surface area contributed by atoms with Gasteiger partial charge in [-0.2, -0.15) is 0 Å². The van der Waals surface area contributed by atoms with E-state index in [-0.39, 0.29) is 0 Å². The first kappa shape index (κ1) is 33.5. The van der Waals surface area contributed by atoms with Gasteiger partial charge in [-0.05, 0) is 89.6 Å².